The third kappa shape index (κ3) is 3.57. The fourth-order valence-electron chi connectivity index (χ4n) is 3.00. The number of hydrogen-bond acceptors (Lipinski definition) is 4. The number of hydrogen-bond donors (Lipinski definition) is 1. The fourth-order valence-corrected chi connectivity index (χ4v) is 3.94. The summed E-state index contributed by atoms with van der Waals surface area (Å²) in [5, 5.41) is 11.7. The zero-order valence-electron chi connectivity index (χ0n) is 13.7. The predicted octanol–water partition coefficient (Wildman–Crippen LogP) is 4.15. The zero-order chi connectivity index (χ0) is 19.1. The Morgan fingerprint density at radius 1 is 1.27 bits per heavy atom. The van der Waals surface area contributed by atoms with E-state index in [2.05, 4.69) is 4.98 Å². The van der Waals surface area contributed by atoms with E-state index in [1.54, 1.807) is 0 Å². The van der Waals surface area contributed by atoms with Crippen LogP contribution in [0.1, 0.15) is 55.9 Å². The number of thiazole rings is 1. The summed E-state index contributed by atoms with van der Waals surface area (Å²) < 4.78 is 39.2. The molecule has 1 atom stereocenters. The third-order valence-corrected chi connectivity index (χ3v) is 5.25. The van der Waals surface area contributed by atoms with Crippen LogP contribution in [0.5, 0.6) is 0 Å². The van der Waals surface area contributed by atoms with Crippen LogP contribution in [0.4, 0.5) is 13.2 Å². The molecule has 0 saturated carbocycles. The van der Waals surface area contributed by atoms with Crippen LogP contribution in [-0.4, -0.2) is 33.4 Å². The lowest BCUT2D eigenvalue weighted by Gasteiger charge is -2.23. The first kappa shape index (κ1) is 18.4. The summed E-state index contributed by atoms with van der Waals surface area (Å²) in [6.07, 6.45) is -3.36. The first-order valence-corrected chi connectivity index (χ1v) is 8.73. The van der Waals surface area contributed by atoms with Crippen molar-refractivity contribution in [3.05, 3.63) is 51.0 Å². The summed E-state index contributed by atoms with van der Waals surface area (Å²) in [4.78, 5) is 29.8. The van der Waals surface area contributed by atoms with Crippen LogP contribution in [0.15, 0.2) is 23.6 Å². The maximum atomic E-state index is 13.1. The highest BCUT2D eigenvalue weighted by molar-refractivity contribution is 7.09. The van der Waals surface area contributed by atoms with E-state index < -0.39 is 29.2 Å². The van der Waals surface area contributed by atoms with Gasteiger partial charge in [0.05, 0.1) is 17.2 Å². The quantitative estimate of drug-likeness (QED) is 0.863. The van der Waals surface area contributed by atoms with Crippen molar-refractivity contribution in [3.63, 3.8) is 0 Å². The van der Waals surface area contributed by atoms with Crippen molar-refractivity contribution in [2.75, 3.05) is 6.54 Å². The standard InChI is InChI=1S/C17H15F3N2O3S/c1-9-8-26-14(21-9)13-3-2-4-22(13)15(23)10-5-11(16(24)25)7-12(6-10)17(18,19)20/h5-8,13H,2-4H2,1H3,(H,24,25)/t13-/m1/s1. The lowest BCUT2D eigenvalue weighted by Crippen LogP contribution is -2.31. The Labute approximate surface area is 151 Å². The number of likely N-dealkylation sites (tertiary alicyclic amines) is 1. The van der Waals surface area contributed by atoms with Gasteiger partial charge in [-0.15, -0.1) is 11.3 Å². The van der Waals surface area contributed by atoms with E-state index >= 15 is 0 Å². The molecule has 2 heterocycles. The minimum Gasteiger partial charge on any atom is -0.478 e. The Hall–Kier alpha value is -2.42. The summed E-state index contributed by atoms with van der Waals surface area (Å²) in [6.45, 7) is 2.22. The molecule has 2 aromatic rings. The number of carboxylic acids is 1. The summed E-state index contributed by atoms with van der Waals surface area (Å²) in [5.74, 6) is -2.13. The third-order valence-electron chi connectivity index (χ3n) is 4.19. The number of aromatic carboxylic acids is 1. The SMILES string of the molecule is Cc1csc([C@H]2CCCN2C(=O)c2cc(C(=O)O)cc(C(F)(F)F)c2)n1. The van der Waals surface area contributed by atoms with Gasteiger partial charge >= 0.3 is 12.1 Å². The van der Waals surface area contributed by atoms with Gasteiger partial charge in [-0.3, -0.25) is 4.79 Å². The lowest BCUT2D eigenvalue weighted by atomic mass is 10.0. The molecular weight excluding hydrogens is 369 g/mol. The summed E-state index contributed by atoms with van der Waals surface area (Å²) in [5.41, 5.74) is -1.18. The number of alkyl halides is 3. The van der Waals surface area contributed by atoms with E-state index in [1.807, 2.05) is 12.3 Å². The average molecular weight is 384 g/mol. The Bertz CT molecular complexity index is 863. The normalized spacial score (nSPS) is 17.5. The van der Waals surface area contributed by atoms with E-state index in [0.717, 1.165) is 16.8 Å². The molecule has 138 valence electrons. The first-order chi connectivity index (χ1) is 12.2. The summed E-state index contributed by atoms with van der Waals surface area (Å²) in [7, 11) is 0. The summed E-state index contributed by atoms with van der Waals surface area (Å²) >= 11 is 1.40. The number of nitrogens with zero attached hydrogens (tertiary/aromatic N) is 2. The Kier molecular flexibility index (Phi) is 4.74. The molecule has 0 radical (unpaired) electrons. The van der Waals surface area contributed by atoms with Gasteiger partial charge in [-0.2, -0.15) is 13.2 Å². The van der Waals surface area contributed by atoms with Gasteiger partial charge in [0.2, 0.25) is 0 Å². The molecule has 5 nitrogen and oxygen atoms in total. The maximum absolute atomic E-state index is 13.1. The Balaban J connectivity index is 1.98. The Morgan fingerprint density at radius 3 is 2.54 bits per heavy atom. The molecule has 1 saturated heterocycles. The van der Waals surface area contributed by atoms with Crippen LogP contribution >= 0.6 is 11.3 Å². The van der Waals surface area contributed by atoms with Crippen molar-refractivity contribution in [2.45, 2.75) is 32.0 Å². The zero-order valence-corrected chi connectivity index (χ0v) is 14.5. The molecule has 1 N–H and O–H groups in total. The number of carbonyl (C=O) groups excluding carboxylic acids is 1. The number of aromatic nitrogens is 1. The van der Waals surface area contributed by atoms with Crippen molar-refractivity contribution in [1.82, 2.24) is 9.88 Å². The topological polar surface area (TPSA) is 70.5 Å². The monoisotopic (exact) mass is 384 g/mol. The van der Waals surface area contributed by atoms with Gasteiger partial charge in [-0.25, -0.2) is 9.78 Å². The van der Waals surface area contributed by atoms with Gasteiger partial charge < -0.3 is 10.0 Å². The molecule has 1 aliphatic rings. The molecule has 1 aromatic carbocycles. The highest BCUT2D eigenvalue weighted by atomic mass is 32.1. The second kappa shape index (κ2) is 6.71. The second-order valence-corrected chi connectivity index (χ2v) is 6.98. The molecule has 26 heavy (non-hydrogen) atoms. The van der Waals surface area contributed by atoms with Gasteiger partial charge in [0.15, 0.2) is 0 Å². The van der Waals surface area contributed by atoms with Crippen LogP contribution < -0.4 is 0 Å². The van der Waals surface area contributed by atoms with Crippen LogP contribution in [0.2, 0.25) is 0 Å². The number of halogens is 3. The van der Waals surface area contributed by atoms with Gasteiger partial charge in [0.25, 0.3) is 5.91 Å². The van der Waals surface area contributed by atoms with E-state index in [-0.39, 0.29) is 11.6 Å². The number of aryl methyl sites for hydroxylation is 1. The molecule has 0 bridgehead atoms. The maximum Gasteiger partial charge on any atom is 0.416 e. The number of rotatable bonds is 3. The smallest absolute Gasteiger partial charge is 0.416 e. The fraction of sp³-hybridized carbons (Fsp3) is 0.353. The van der Waals surface area contributed by atoms with E-state index in [1.165, 1.54) is 16.2 Å². The van der Waals surface area contributed by atoms with E-state index in [9.17, 15) is 22.8 Å². The molecule has 9 heteroatoms. The molecule has 0 aliphatic carbocycles. The first-order valence-electron chi connectivity index (χ1n) is 7.85. The molecule has 0 unspecified atom stereocenters. The largest absolute Gasteiger partial charge is 0.478 e. The van der Waals surface area contributed by atoms with Crippen LogP contribution in [0, 0.1) is 6.92 Å². The van der Waals surface area contributed by atoms with Crippen LogP contribution in [0.25, 0.3) is 0 Å². The minimum absolute atomic E-state index is 0.280. The highest BCUT2D eigenvalue weighted by Crippen LogP contribution is 2.36. The van der Waals surface area contributed by atoms with Crippen molar-refractivity contribution in [2.24, 2.45) is 0 Å². The van der Waals surface area contributed by atoms with Gasteiger partial charge in [0, 0.05) is 23.2 Å². The van der Waals surface area contributed by atoms with E-state index in [4.69, 9.17) is 5.11 Å². The van der Waals surface area contributed by atoms with Crippen molar-refractivity contribution in [1.29, 1.82) is 0 Å². The van der Waals surface area contributed by atoms with Gasteiger partial charge in [0.1, 0.15) is 5.01 Å². The van der Waals surface area contributed by atoms with E-state index in [0.29, 0.717) is 31.5 Å². The molecule has 3 rings (SSSR count). The number of carboxylic acid groups (broad SMARTS) is 1. The molecule has 1 aliphatic heterocycles. The second-order valence-electron chi connectivity index (χ2n) is 6.09. The van der Waals surface area contributed by atoms with Crippen molar-refractivity contribution in [3.8, 4) is 0 Å². The van der Waals surface area contributed by atoms with Crippen LogP contribution in [-0.2, 0) is 6.18 Å². The van der Waals surface area contributed by atoms with Gasteiger partial charge in [-0.05, 0) is 38.0 Å². The van der Waals surface area contributed by atoms with Gasteiger partial charge in [-0.1, -0.05) is 0 Å². The van der Waals surface area contributed by atoms with Crippen molar-refractivity contribution < 1.29 is 27.9 Å². The lowest BCUT2D eigenvalue weighted by molar-refractivity contribution is -0.137. The Morgan fingerprint density at radius 2 is 1.96 bits per heavy atom. The highest BCUT2D eigenvalue weighted by Gasteiger charge is 2.36. The van der Waals surface area contributed by atoms with Crippen LogP contribution in [0.3, 0.4) is 0 Å². The summed E-state index contributed by atoms with van der Waals surface area (Å²) in [6, 6.07) is 1.92. The van der Waals surface area contributed by atoms with Crippen molar-refractivity contribution >= 4 is 23.2 Å². The number of benzene rings is 1. The average Bonchev–Trinajstić information content (AvgIpc) is 3.21. The minimum atomic E-state index is -4.74. The molecule has 1 amide bonds. The number of amides is 1. The predicted molar refractivity (Wildman–Crippen MR) is 88.3 cm³/mol. The molecule has 0 spiro atoms. The number of carbonyl (C=O) groups is 2. The molecule has 1 fully saturated rings. The molecule has 1 aromatic heterocycles. The molecular formula is C17H15F3N2O3S.